The summed E-state index contributed by atoms with van der Waals surface area (Å²) in [5.74, 6) is 2.27. The summed E-state index contributed by atoms with van der Waals surface area (Å²) in [4.78, 5) is 12.1. The van der Waals surface area contributed by atoms with Gasteiger partial charge in [-0.15, -0.1) is 0 Å². The molecule has 0 aliphatic heterocycles. The summed E-state index contributed by atoms with van der Waals surface area (Å²) >= 11 is 13.7. The maximum atomic E-state index is 12.1. The van der Waals surface area contributed by atoms with Crippen molar-refractivity contribution in [2.75, 3.05) is 12.3 Å². The minimum atomic E-state index is -0.0822. The lowest BCUT2D eigenvalue weighted by atomic mass is 10.2. The molecule has 134 valence electrons. The van der Waals surface area contributed by atoms with E-state index in [9.17, 15) is 4.79 Å². The van der Waals surface area contributed by atoms with Gasteiger partial charge in [0.05, 0.1) is 6.10 Å². The highest BCUT2D eigenvalue weighted by atomic mass is 35.5. The minimum absolute atomic E-state index is 0.0822. The van der Waals surface area contributed by atoms with Crippen molar-refractivity contribution in [3.8, 4) is 5.75 Å². The Balaban J connectivity index is 1.71. The highest BCUT2D eigenvalue weighted by Crippen LogP contribution is 2.24. The Labute approximate surface area is 163 Å². The van der Waals surface area contributed by atoms with Crippen molar-refractivity contribution >= 4 is 40.9 Å². The third-order valence-electron chi connectivity index (χ3n) is 3.29. The van der Waals surface area contributed by atoms with E-state index < -0.39 is 0 Å². The number of hydrogen-bond donors (Lipinski definition) is 1. The number of halogens is 2. The van der Waals surface area contributed by atoms with Crippen LogP contribution in [0.2, 0.25) is 10.0 Å². The monoisotopic (exact) mass is 397 g/mol. The van der Waals surface area contributed by atoms with Gasteiger partial charge in [-0.2, -0.15) is 11.8 Å². The third kappa shape index (κ3) is 6.81. The molecule has 2 rings (SSSR count). The molecule has 3 nitrogen and oxygen atoms in total. The first-order valence-corrected chi connectivity index (χ1v) is 9.93. The fourth-order valence-corrected chi connectivity index (χ4v) is 3.53. The lowest BCUT2D eigenvalue weighted by Gasteiger charge is -2.10. The standard InChI is InChI=1S/C19H21Cl2NO2S/c1-13(2)24-17-7-4-14(5-8-17)19(23)22-9-10-25-12-15-3-6-16(20)11-18(15)21/h3-8,11,13H,9-10,12H2,1-2H3,(H,22,23). The number of ether oxygens (including phenoxy) is 1. The third-order valence-corrected chi connectivity index (χ3v) is 4.89. The van der Waals surface area contributed by atoms with Gasteiger partial charge in [0.15, 0.2) is 0 Å². The first-order chi connectivity index (χ1) is 12.0. The van der Waals surface area contributed by atoms with Crippen LogP contribution in [-0.4, -0.2) is 24.3 Å². The summed E-state index contributed by atoms with van der Waals surface area (Å²) in [5, 5.41) is 4.22. The Bertz CT molecular complexity index is 705. The molecule has 2 aromatic rings. The number of carbonyl (C=O) groups excluding carboxylic acids is 1. The Morgan fingerprint density at radius 1 is 1.16 bits per heavy atom. The van der Waals surface area contributed by atoms with Crippen molar-refractivity contribution in [1.82, 2.24) is 5.32 Å². The molecule has 0 atom stereocenters. The second-order valence-corrected chi connectivity index (χ2v) is 7.68. The van der Waals surface area contributed by atoms with Gasteiger partial charge in [-0.1, -0.05) is 29.3 Å². The predicted molar refractivity (Wildman–Crippen MR) is 107 cm³/mol. The van der Waals surface area contributed by atoms with E-state index in [-0.39, 0.29) is 12.0 Å². The van der Waals surface area contributed by atoms with E-state index in [1.54, 1.807) is 30.0 Å². The number of thioether (sulfide) groups is 1. The van der Waals surface area contributed by atoms with E-state index >= 15 is 0 Å². The highest BCUT2D eigenvalue weighted by molar-refractivity contribution is 7.98. The summed E-state index contributed by atoms with van der Waals surface area (Å²) in [6, 6.07) is 12.7. The second-order valence-electron chi connectivity index (χ2n) is 5.74. The number of rotatable bonds is 8. The zero-order chi connectivity index (χ0) is 18.2. The van der Waals surface area contributed by atoms with E-state index in [2.05, 4.69) is 5.32 Å². The van der Waals surface area contributed by atoms with Crippen LogP contribution < -0.4 is 10.1 Å². The topological polar surface area (TPSA) is 38.3 Å². The molecule has 2 aromatic carbocycles. The molecule has 0 radical (unpaired) electrons. The first kappa shape index (κ1) is 20.0. The predicted octanol–water partition coefficient (Wildman–Crippen LogP) is 5.44. The summed E-state index contributed by atoms with van der Waals surface area (Å²) < 4.78 is 5.57. The van der Waals surface area contributed by atoms with Crippen LogP contribution in [0.25, 0.3) is 0 Å². The maximum Gasteiger partial charge on any atom is 0.251 e. The molecule has 1 amide bonds. The molecule has 0 aliphatic carbocycles. The zero-order valence-corrected chi connectivity index (χ0v) is 16.5. The minimum Gasteiger partial charge on any atom is -0.491 e. The van der Waals surface area contributed by atoms with Crippen molar-refractivity contribution < 1.29 is 9.53 Å². The molecule has 6 heteroatoms. The molecule has 25 heavy (non-hydrogen) atoms. The fraction of sp³-hybridized carbons (Fsp3) is 0.316. The van der Waals surface area contributed by atoms with Crippen LogP contribution in [-0.2, 0) is 5.75 Å². The Morgan fingerprint density at radius 3 is 2.52 bits per heavy atom. The molecule has 0 unspecified atom stereocenters. The van der Waals surface area contributed by atoms with Crippen LogP contribution in [0.1, 0.15) is 29.8 Å². The molecular formula is C19H21Cl2NO2S. The van der Waals surface area contributed by atoms with E-state index in [0.717, 1.165) is 22.8 Å². The van der Waals surface area contributed by atoms with Crippen LogP contribution in [0.15, 0.2) is 42.5 Å². The number of amides is 1. The molecule has 0 spiro atoms. The van der Waals surface area contributed by atoms with Gasteiger partial charge in [0.2, 0.25) is 0 Å². The molecule has 1 N–H and O–H groups in total. The van der Waals surface area contributed by atoms with Crippen molar-refractivity contribution in [2.24, 2.45) is 0 Å². The summed E-state index contributed by atoms with van der Waals surface area (Å²) in [6.45, 7) is 4.53. The number of benzene rings is 2. The molecule has 0 aliphatic rings. The maximum absolute atomic E-state index is 12.1. The van der Waals surface area contributed by atoms with Crippen molar-refractivity contribution in [3.05, 3.63) is 63.6 Å². The summed E-state index contributed by atoms with van der Waals surface area (Å²) in [6.07, 6.45) is 0.117. The van der Waals surface area contributed by atoms with Gasteiger partial charge in [-0.05, 0) is 55.8 Å². The van der Waals surface area contributed by atoms with E-state index in [4.69, 9.17) is 27.9 Å². The Hall–Kier alpha value is -1.36. The fourth-order valence-electron chi connectivity index (χ4n) is 2.12. The van der Waals surface area contributed by atoms with Gasteiger partial charge in [-0.25, -0.2) is 0 Å². The van der Waals surface area contributed by atoms with Gasteiger partial charge < -0.3 is 10.1 Å². The van der Waals surface area contributed by atoms with Gasteiger partial charge in [0.1, 0.15) is 5.75 Å². The van der Waals surface area contributed by atoms with Crippen LogP contribution in [0.4, 0.5) is 0 Å². The molecular weight excluding hydrogens is 377 g/mol. The van der Waals surface area contributed by atoms with Crippen molar-refractivity contribution in [3.63, 3.8) is 0 Å². The van der Waals surface area contributed by atoms with E-state index in [1.165, 1.54) is 0 Å². The smallest absolute Gasteiger partial charge is 0.251 e. The van der Waals surface area contributed by atoms with Crippen LogP contribution in [0.3, 0.4) is 0 Å². The lowest BCUT2D eigenvalue weighted by molar-refractivity contribution is 0.0956. The molecule has 0 fully saturated rings. The summed E-state index contributed by atoms with van der Waals surface area (Å²) in [7, 11) is 0. The van der Waals surface area contributed by atoms with Gasteiger partial charge in [0, 0.05) is 33.7 Å². The van der Waals surface area contributed by atoms with E-state index in [1.807, 2.05) is 38.1 Å². The SMILES string of the molecule is CC(C)Oc1ccc(C(=O)NCCSCc2ccc(Cl)cc2Cl)cc1. The molecule has 0 bridgehead atoms. The normalized spacial score (nSPS) is 10.8. The van der Waals surface area contributed by atoms with Crippen molar-refractivity contribution in [2.45, 2.75) is 25.7 Å². The second kappa shape index (κ2) is 9.95. The van der Waals surface area contributed by atoms with Crippen LogP contribution in [0, 0.1) is 0 Å². The Morgan fingerprint density at radius 2 is 1.88 bits per heavy atom. The van der Waals surface area contributed by atoms with Crippen LogP contribution in [0.5, 0.6) is 5.75 Å². The highest BCUT2D eigenvalue weighted by Gasteiger charge is 2.06. The first-order valence-electron chi connectivity index (χ1n) is 8.02. The average Bonchev–Trinajstić information content (AvgIpc) is 2.56. The number of hydrogen-bond acceptors (Lipinski definition) is 3. The number of nitrogens with one attached hydrogen (secondary N) is 1. The zero-order valence-electron chi connectivity index (χ0n) is 14.2. The molecule has 0 aromatic heterocycles. The van der Waals surface area contributed by atoms with Crippen LogP contribution >= 0.6 is 35.0 Å². The van der Waals surface area contributed by atoms with Gasteiger partial charge in [0.25, 0.3) is 5.91 Å². The molecule has 0 heterocycles. The van der Waals surface area contributed by atoms with E-state index in [0.29, 0.717) is 22.2 Å². The van der Waals surface area contributed by atoms with Gasteiger partial charge >= 0.3 is 0 Å². The van der Waals surface area contributed by atoms with Crippen molar-refractivity contribution in [1.29, 1.82) is 0 Å². The quantitative estimate of drug-likeness (QED) is 0.602. The number of carbonyl (C=O) groups is 1. The largest absolute Gasteiger partial charge is 0.491 e. The summed E-state index contributed by atoms with van der Waals surface area (Å²) in [5.41, 5.74) is 1.67. The lowest BCUT2D eigenvalue weighted by Crippen LogP contribution is -2.25. The molecule has 0 saturated heterocycles. The molecule has 0 saturated carbocycles. The average molecular weight is 398 g/mol. The van der Waals surface area contributed by atoms with Gasteiger partial charge in [-0.3, -0.25) is 4.79 Å². The Kier molecular flexibility index (Phi) is 7.94.